The number of rotatable bonds is 6. The zero-order valence-corrected chi connectivity index (χ0v) is 16.1. The summed E-state index contributed by atoms with van der Waals surface area (Å²) in [5, 5.41) is 17.3. The second kappa shape index (κ2) is 9.07. The van der Waals surface area contributed by atoms with Crippen molar-refractivity contribution >= 4 is 28.3 Å². The maximum atomic E-state index is 12.2. The Balaban J connectivity index is 1.65. The maximum Gasteiger partial charge on any atom is 0.313 e. The van der Waals surface area contributed by atoms with Gasteiger partial charge >= 0.3 is 11.8 Å². The Hall–Kier alpha value is -3.58. The van der Waals surface area contributed by atoms with Crippen LogP contribution in [0.3, 0.4) is 0 Å². The second-order valence-electron chi connectivity index (χ2n) is 6.31. The van der Waals surface area contributed by atoms with E-state index in [1.54, 1.807) is 24.3 Å². The molecule has 3 aromatic rings. The number of methoxy groups -OCH3 is 2. The standard InChI is InChI=1S/C22H22N2O5/c1-28-15-10-11-20(29-2)18(12-15)24-22(27)21(26)23-13-19(25)17-9-5-7-14-6-3-4-8-16(14)17/h3-12,19,25H,13H2,1-2H3,(H,23,26)(H,24,27). The van der Waals surface area contributed by atoms with E-state index >= 15 is 0 Å². The minimum absolute atomic E-state index is 0.102. The van der Waals surface area contributed by atoms with Gasteiger partial charge < -0.3 is 25.2 Å². The normalized spacial score (nSPS) is 11.6. The minimum atomic E-state index is -0.954. The monoisotopic (exact) mass is 394 g/mol. The van der Waals surface area contributed by atoms with Gasteiger partial charge in [0.2, 0.25) is 0 Å². The summed E-state index contributed by atoms with van der Waals surface area (Å²) in [6.45, 7) is -0.102. The predicted octanol–water partition coefficient (Wildman–Crippen LogP) is 2.65. The molecule has 0 aliphatic carbocycles. The van der Waals surface area contributed by atoms with E-state index in [2.05, 4.69) is 10.6 Å². The first-order valence-electron chi connectivity index (χ1n) is 9.00. The lowest BCUT2D eigenvalue weighted by molar-refractivity contribution is -0.136. The smallest absolute Gasteiger partial charge is 0.313 e. The number of fused-ring (bicyclic) bond motifs is 1. The van der Waals surface area contributed by atoms with Gasteiger partial charge in [0.05, 0.1) is 26.0 Å². The average Bonchev–Trinajstić information content (AvgIpc) is 2.76. The van der Waals surface area contributed by atoms with Crippen LogP contribution in [0.1, 0.15) is 11.7 Å². The van der Waals surface area contributed by atoms with Gasteiger partial charge in [0.15, 0.2) is 0 Å². The van der Waals surface area contributed by atoms with Gasteiger partial charge in [-0.3, -0.25) is 9.59 Å². The SMILES string of the molecule is COc1ccc(OC)c(NC(=O)C(=O)NCC(O)c2cccc3ccccc23)c1. The van der Waals surface area contributed by atoms with Crippen molar-refractivity contribution in [2.75, 3.05) is 26.1 Å². The van der Waals surface area contributed by atoms with Gasteiger partial charge in [-0.2, -0.15) is 0 Å². The molecule has 0 saturated heterocycles. The fraction of sp³-hybridized carbons (Fsp3) is 0.182. The summed E-state index contributed by atoms with van der Waals surface area (Å²) >= 11 is 0. The van der Waals surface area contributed by atoms with E-state index in [1.807, 2.05) is 36.4 Å². The zero-order chi connectivity index (χ0) is 20.8. The Morgan fingerprint density at radius 1 is 0.966 bits per heavy atom. The predicted molar refractivity (Wildman–Crippen MR) is 110 cm³/mol. The van der Waals surface area contributed by atoms with Gasteiger partial charge in [0, 0.05) is 12.6 Å². The van der Waals surface area contributed by atoms with Crippen molar-refractivity contribution in [3.8, 4) is 11.5 Å². The number of nitrogens with one attached hydrogen (secondary N) is 2. The molecule has 3 rings (SSSR count). The minimum Gasteiger partial charge on any atom is -0.497 e. The fourth-order valence-electron chi connectivity index (χ4n) is 3.01. The van der Waals surface area contributed by atoms with Gasteiger partial charge in [-0.05, 0) is 28.5 Å². The summed E-state index contributed by atoms with van der Waals surface area (Å²) < 4.78 is 10.3. The highest BCUT2D eigenvalue weighted by Gasteiger charge is 2.19. The lowest BCUT2D eigenvalue weighted by atomic mass is 10.0. The molecule has 29 heavy (non-hydrogen) atoms. The summed E-state index contributed by atoms with van der Waals surface area (Å²) in [6, 6.07) is 18.1. The molecule has 3 aromatic carbocycles. The van der Waals surface area contributed by atoms with Crippen molar-refractivity contribution in [3.63, 3.8) is 0 Å². The van der Waals surface area contributed by atoms with Crippen molar-refractivity contribution in [2.45, 2.75) is 6.10 Å². The number of carbonyl (C=O) groups is 2. The van der Waals surface area contributed by atoms with E-state index in [0.29, 0.717) is 22.7 Å². The number of aliphatic hydroxyl groups is 1. The third-order valence-corrected chi connectivity index (χ3v) is 4.50. The third kappa shape index (κ3) is 4.64. The number of amides is 2. The average molecular weight is 394 g/mol. The number of hydrogen-bond acceptors (Lipinski definition) is 5. The summed E-state index contributed by atoms with van der Waals surface area (Å²) in [6.07, 6.45) is -0.954. The van der Waals surface area contributed by atoms with Crippen LogP contribution in [0.15, 0.2) is 60.7 Å². The van der Waals surface area contributed by atoms with Crippen LogP contribution in [0, 0.1) is 0 Å². The zero-order valence-electron chi connectivity index (χ0n) is 16.1. The van der Waals surface area contributed by atoms with E-state index in [4.69, 9.17) is 9.47 Å². The topological polar surface area (TPSA) is 96.9 Å². The molecule has 0 heterocycles. The highest BCUT2D eigenvalue weighted by Crippen LogP contribution is 2.29. The Morgan fingerprint density at radius 2 is 1.72 bits per heavy atom. The first-order valence-corrected chi connectivity index (χ1v) is 9.00. The highest BCUT2D eigenvalue weighted by molar-refractivity contribution is 6.39. The van der Waals surface area contributed by atoms with E-state index in [9.17, 15) is 14.7 Å². The molecule has 0 aliphatic heterocycles. The molecule has 7 heteroatoms. The molecule has 0 saturated carbocycles. The van der Waals surface area contributed by atoms with E-state index in [1.165, 1.54) is 14.2 Å². The molecule has 2 amide bonds. The summed E-state index contributed by atoms with van der Waals surface area (Å²) in [4.78, 5) is 24.4. The van der Waals surface area contributed by atoms with Gasteiger partial charge in [0.1, 0.15) is 11.5 Å². The molecule has 7 nitrogen and oxygen atoms in total. The summed E-state index contributed by atoms with van der Waals surface area (Å²) in [7, 11) is 2.95. The molecule has 1 atom stereocenters. The Kier molecular flexibility index (Phi) is 6.31. The molecule has 150 valence electrons. The van der Waals surface area contributed by atoms with Gasteiger partial charge in [-0.1, -0.05) is 42.5 Å². The van der Waals surface area contributed by atoms with E-state index < -0.39 is 17.9 Å². The number of hydrogen-bond donors (Lipinski definition) is 3. The molecule has 0 aromatic heterocycles. The first kappa shape index (κ1) is 20.2. The second-order valence-corrected chi connectivity index (χ2v) is 6.31. The number of aliphatic hydroxyl groups excluding tert-OH is 1. The fourth-order valence-corrected chi connectivity index (χ4v) is 3.01. The lowest BCUT2D eigenvalue weighted by Crippen LogP contribution is -2.37. The summed E-state index contributed by atoms with van der Waals surface area (Å²) in [5.41, 5.74) is 0.986. The molecule has 0 radical (unpaired) electrons. The quantitative estimate of drug-likeness (QED) is 0.559. The van der Waals surface area contributed by atoms with Crippen LogP contribution in [0.5, 0.6) is 11.5 Å². The molecule has 0 bridgehead atoms. The first-order chi connectivity index (χ1) is 14.0. The van der Waals surface area contributed by atoms with Crippen molar-refractivity contribution in [1.29, 1.82) is 0 Å². The van der Waals surface area contributed by atoms with Gasteiger partial charge in [-0.25, -0.2) is 0 Å². The molecule has 0 aliphatic rings. The number of anilines is 1. The molecule has 0 fully saturated rings. The van der Waals surface area contributed by atoms with Crippen molar-refractivity contribution < 1.29 is 24.2 Å². The van der Waals surface area contributed by atoms with Crippen molar-refractivity contribution in [3.05, 3.63) is 66.2 Å². The Morgan fingerprint density at radius 3 is 2.48 bits per heavy atom. The van der Waals surface area contributed by atoms with Crippen molar-refractivity contribution in [1.82, 2.24) is 5.32 Å². The van der Waals surface area contributed by atoms with Crippen LogP contribution in [0.25, 0.3) is 10.8 Å². The number of ether oxygens (including phenoxy) is 2. The van der Waals surface area contributed by atoms with Crippen LogP contribution in [-0.2, 0) is 9.59 Å². The third-order valence-electron chi connectivity index (χ3n) is 4.50. The maximum absolute atomic E-state index is 12.2. The van der Waals surface area contributed by atoms with E-state index in [-0.39, 0.29) is 6.54 Å². The highest BCUT2D eigenvalue weighted by atomic mass is 16.5. The molecule has 0 spiro atoms. The largest absolute Gasteiger partial charge is 0.497 e. The number of benzene rings is 3. The van der Waals surface area contributed by atoms with Crippen LogP contribution in [0.2, 0.25) is 0 Å². The molecule has 1 unspecified atom stereocenters. The van der Waals surface area contributed by atoms with Crippen LogP contribution in [0.4, 0.5) is 5.69 Å². The van der Waals surface area contributed by atoms with Crippen LogP contribution < -0.4 is 20.1 Å². The lowest BCUT2D eigenvalue weighted by Gasteiger charge is -2.15. The number of carbonyl (C=O) groups excluding carboxylic acids is 2. The van der Waals surface area contributed by atoms with Gasteiger partial charge in [0.25, 0.3) is 0 Å². The molecular weight excluding hydrogens is 372 g/mol. The van der Waals surface area contributed by atoms with E-state index in [0.717, 1.165) is 10.8 Å². The Labute approximate surface area is 168 Å². The van der Waals surface area contributed by atoms with Gasteiger partial charge in [-0.15, -0.1) is 0 Å². The molecular formula is C22H22N2O5. The van der Waals surface area contributed by atoms with Crippen molar-refractivity contribution in [2.24, 2.45) is 0 Å². The summed E-state index contributed by atoms with van der Waals surface area (Å²) in [5.74, 6) is -0.841. The van der Waals surface area contributed by atoms with Crippen LogP contribution >= 0.6 is 0 Å². The Bertz CT molecular complexity index is 1030. The van der Waals surface area contributed by atoms with Crippen LogP contribution in [-0.4, -0.2) is 37.7 Å². The molecule has 3 N–H and O–H groups in total.